The molecule has 2 aliphatic rings. The fourth-order valence-corrected chi connectivity index (χ4v) is 5.26. The number of rotatable bonds is 6. The first-order valence-electron chi connectivity index (χ1n) is 12.8. The number of anilines is 2. The molecule has 3 aromatic carbocycles. The van der Waals surface area contributed by atoms with Crippen LogP contribution in [-0.4, -0.2) is 19.5 Å². The van der Waals surface area contributed by atoms with Gasteiger partial charge in [-0.25, -0.2) is 0 Å². The molecule has 0 unspecified atom stereocenters. The van der Waals surface area contributed by atoms with E-state index in [0.717, 1.165) is 45.9 Å². The van der Waals surface area contributed by atoms with Gasteiger partial charge in [-0.15, -0.1) is 0 Å². The van der Waals surface area contributed by atoms with Crippen LogP contribution < -0.4 is 20.1 Å². The van der Waals surface area contributed by atoms with Crippen LogP contribution in [0.4, 0.5) is 11.4 Å². The van der Waals surface area contributed by atoms with Crippen LogP contribution in [0.1, 0.15) is 68.2 Å². The number of Topliss-reactive ketones (excluding diaryl/α,β-unsaturated/α-hetero) is 1. The van der Waals surface area contributed by atoms with Crippen LogP contribution in [0.5, 0.6) is 11.5 Å². The summed E-state index contributed by atoms with van der Waals surface area (Å²) in [4.78, 5) is 13.8. The Morgan fingerprint density at radius 3 is 2.33 bits per heavy atom. The molecule has 5 nitrogen and oxygen atoms in total. The van der Waals surface area contributed by atoms with Crippen molar-refractivity contribution in [3.63, 3.8) is 0 Å². The van der Waals surface area contributed by atoms with Crippen molar-refractivity contribution in [1.29, 1.82) is 0 Å². The van der Waals surface area contributed by atoms with Gasteiger partial charge in [-0.2, -0.15) is 0 Å². The van der Waals surface area contributed by atoms with E-state index in [1.165, 1.54) is 5.56 Å². The topological polar surface area (TPSA) is 59.6 Å². The van der Waals surface area contributed by atoms with Crippen LogP contribution in [-0.2, 0) is 4.79 Å². The number of nitrogens with one attached hydrogen (secondary N) is 2. The summed E-state index contributed by atoms with van der Waals surface area (Å²) in [5.41, 5.74) is 7.28. The van der Waals surface area contributed by atoms with Gasteiger partial charge in [-0.1, -0.05) is 56.3 Å². The van der Waals surface area contributed by atoms with Gasteiger partial charge < -0.3 is 20.1 Å². The van der Waals surface area contributed by atoms with Gasteiger partial charge in [0.1, 0.15) is 0 Å². The third kappa shape index (κ3) is 4.58. The van der Waals surface area contributed by atoms with Crippen LogP contribution in [0.25, 0.3) is 0 Å². The summed E-state index contributed by atoms with van der Waals surface area (Å²) in [6, 6.07) is 22.6. The number of carbonyl (C=O) groups is 1. The number of fused-ring (bicyclic) bond motifs is 1. The van der Waals surface area contributed by atoms with Crippen molar-refractivity contribution in [1.82, 2.24) is 0 Å². The highest BCUT2D eigenvalue weighted by molar-refractivity contribution is 6.01. The van der Waals surface area contributed by atoms with Gasteiger partial charge in [-0.05, 0) is 66.1 Å². The Morgan fingerprint density at radius 1 is 0.917 bits per heavy atom. The second-order valence-corrected chi connectivity index (χ2v) is 9.83. The zero-order valence-corrected chi connectivity index (χ0v) is 21.4. The van der Waals surface area contributed by atoms with Crippen molar-refractivity contribution in [2.75, 3.05) is 24.4 Å². The third-order valence-corrected chi connectivity index (χ3v) is 7.20. The zero-order valence-electron chi connectivity index (χ0n) is 21.4. The fourth-order valence-electron chi connectivity index (χ4n) is 5.26. The minimum Gasteiger partial charge on any atom is -0.493 e. The zero-order chi connectivity index (χ0) is 25.2. The monoisotopic (exact) mass is 482 g/mol. The van der Waals surface area contributed by atoms with Crippen LogP contribution in [0, 0.1) is 0 Å². The molecule has 0 fully saturated rings. The molecule has 0 aromatic heterocycles. The van der Waals surface area contributed by atoms with E-state index in [-0.39, 0.29) is 17.7 Å². The lowest BCUT2D eigenvalue weighted by Gasteiger charge is -2.30. The van der Waals surface area contributed by atoms with E-state index in [2.05, 4.69) is 66.9 Å². The molecule has 1 heterocycles. The summed E-state index contributed by atoms with van der Waals surface area (Å²) < 4.78 is 11.3. The summed E-state index contributed by atoms with van der Waals surface area (Å²) in [7, 11) is 1.65. The van der Waals surface area contributed by atoms with Crippen LogP contribution in [0.2, 0.25) is 0 Å². The summed E-state index contributed by atoms with van der Waals surface area (Å²) in [5, 5.41) is 7.29. The Hall–Kier alpha value is -3.73. The predicted octanol–water partition coefficient (Wildman–Crippen LogP) is 7.20. The van der Waals surface area contributed by atoms with Gasteiger partial charge >= 0.3 is 0 Å². The van der Waals surface area contributed by atoms with Gasteiger partial charge in [0, 0.05) is 17.7 Å². The van der Waals surface area contributed by atoms with Gasteiger partial charge in [0.15, 0.2) is 17.3 Å². The molecule has 2 N–H and O–H groups in total. The molecule has 36 heavy (non-hydrogen) atoms. The number of para-hydroxylation sites is 2. The van der Waals surface area contributed by atoms with Crippen molar-refractivity contribution in [3.8, 4) is 11.5 Å². The second-order valence-electron chi connectivity index (χ2n) is 9.83. The molecule has 1 aliphatic carbocycles. The average Bonchev–Trinajstić information content (AvgIpc) is 3.06. The van der Waals surface area contributed by atoms with E-state index in [1.807, 2.05) is 31.2 Å². The molecule has 186 valence electrons. The number of benzene rings is 3. The Kier molecular flexibility index (Phi) is 6.73. The standard InChI is InChI=1S/C31H34N2O3/c1-5-36-28-15-14-22(18-29(28)35-4)23-16-26-30(27(34)17-23)31(21-12-10-20(11-13-21)19(2)3)33-25-9-7-6-8-24(25)32-26/h6-15,18-19,23,31-33H,5,16-17H2,1-4H3/t23-,31+/m1/s1. The van der Waals surface area contributed by atoms with Gasteiger partial charge in [0.2, 0.25) is 0 Å². The average molecular weight is 483 g/mol. The molecule has 1 aliphatic heterocycles. The van der Waals surface area contributed by atoms with Crippen LogP contribution in [0.15, 0.2) is 78.0 Å². The number of methoxy groups -OCH3 is 1. The molecular formula is C31H34N2O3. The maximum absolute atomic E-state index is 13.8. The Balaban J connectivity index is 1.54. The van der Waals surface area contributed by atoms with Crippen molar-refractivity contribution >= 4 is 17.2 Å². The molecule has 0 bridgehead atoms. The van der Waals surface area contributed by atoms with Crippen molar-refractivity contribution in [2.24, 2.45) is 0 Å². The summed E-state index contributed by atoms with van der Waals surface area (Å²) in [5.74, 6) is 2.11. The molecule has 5 rings (SSSR count). The molecule has 0 amide bonds. The maximum Gasteiger partial charge on any atom is 0.163 e. The molecule has 0 radical (unpaired) electrons. The minimum absolute atomic E-state index is 0.0579. The normalized spacial score (nSPS) is 19.1. The van der Waals surface area contributed by atoms with E-state index in [1.54, 1.807) is 7.11 Å². The van der Waals surface area contributed by atoms with Gasteiger partial charge in [-0.3, -0.25) is 4.79 Å². The Bertz CT molecular complexity index is 1290. The first-order chi connectivity index (χ1) is 17.5. The molecule has 5 heteroatoms. The second kappa shape index (κ2) is 10.1. The first kappa shape index (κ1) is 24.0. The largest absolute Gasteiger partial charge is 0.493 e. The number of hydrogen-bond acceptors (Lipinski definition) is 5. The maximum atomic E-state index is 13.8. The van der Waals surface area contributed by atoms with E-state index >= 15 is 0 Å². The summed E-state index contributed by atoms with van der Waals surface area (Å²) in [6.07, 6.45) is 1.20. The number of carbonyl (C=O) groups excluding carboxylic acids is 1. The van der Waals surface area contributed by atoms with Crippen molar-refractivity contribution in [3.05, 3.63) is 94.7 Å². The highest BCUT2D eigenvalue weighted by Crippen LogP contribution is 2.45. The molecule has 0 spiro atoms. The van der Waals surface area contributed by atoms with E-state index in [9.17, 15) is 4.79 Å². The van der Waals surface area contributed by atoms with Crippen LogP contribution in [0.3, 0.4) is 0 Å². The fraction of sp³-hybridized carbons (Fsp3) is 0.323. The molecule has 0 saturated heterocycles. The molecule has 0 saturated carbocycles. The van der Waals surface area contributed by atoms with E-state index in [0.29, 0.717) is 24.7 Å². The Morgan fingerprint density at radius 2 is 1.64 bits per heavy atom. The SMILES string of the molecule is CCOc1ccc([C@H]2CC(=O)C3=C(C2)Nc2ccccc2N[C@H]3c2ccc(C(C)C)cc2)cc1OC. The smallest absolute Gasteiger partial charge is 0.163 e. The molecule has 3 aromatic rings. The van der Waals surface area contributed by atoms with E-state index < -0.39 is 0 Å². The van der Waals surface area contributed by atoms with Gasteiger partial charge in [0.05, 0.1) is 31.1 Å². The first-order valence-corrected chi connectivity index (χ1v) is 12.8. The molecule has 2 atom stereocenters. The van der Waals surface area contributed by atoms with Gasteiger partial charge in [0.25, 0.3) is 0 Å². The lowest BCUT2D eigenvalue weighted by atomic mass is 9.78. The summed E-state index contributed by atoms with van der Waals surface area (Å²) in [6.45, 7) is 6.92. The summed E-state index contributed by atoms with van der Waals surface area (Å²) >= 11 is 0. The number of ketones is 1. The lowest BCUT2D eigenvalue weighted by Crippen LogP contribution is -2.27. The van der Waals surface area contributed by atoms with Crippen LogP contribution >= 0.6 is 0 Å². The highest BCUT2D eigenvalue weighted by atomic mass is 16.5. The molecular weight excluding hydrogens is 448 g/mol. The van der Waals surface area contributed by atoms with E-state index in [4.69, 9.17) is 9.47 Å². The third-order valence-electron chi connectivity index (χ3n) is 7.20. The number of allylic oxidation sites excluding steroid dienone is 1. The lowest BCUT2D eigenvalue weighted by molar-refractivity contribution is -0.116. The van der Waals surface area contributed by atoms with Crippen molar-refractivity contribution in [2.45, 2.75) is 51.5 Å². The number of hydrogen-bond donors (Lipinski definition) is 2. The quantitative estimate of drug-likeness (QED) is 0.389. The van der Waals surface area contributed by atoms with Crippen molar-refractivity contribution < 1.29 is 14.3 Å². The minimum atomic E-state index is -0.208. The highest BCUT2D eigenvalue weighted by Gasteiger charge is 2.36. The predicted molar refractivity (Wildman–Crippen MR) is 145 cm³/mol. The number of ether oxygens (including phenoxy) is 2. The Labute approximate surface area is 213 Å².